The number of halogens is 1. The summed E-state index contributed by atoms with van der Waals surface area (Å²) in [6.45, 7) is 1.98. The molecule has 4 N–H and O–H groups in total. The van der Waals surface area contributed by atoms with Crippen molar-refractivity contribution in [1.82, 2.24) is 0 Å². The molecule has 0 radical (unpaired) electrons. The van der Waals surface area contributed by atoms with Crippen molar-refractivity contribution in [2.75, 3.05) is 5.73 Å². The van der Waals surface area contributed by atoms with Crippen LogP contribution in [0.15, 0.2) is 60.7 Å². The highest BCUT2D eigenvalue weighted by molar-refractivity contribution is 5.85. The monoisotopic (exact) mass is 250 g/mol. The minimum Gasteiger partial charge on any atom is -0.399 e. The van der Waals surface area contributed by atoms with Gasteiger partial charge < -0.3 is 11.5 Å². The van der Waals surface area contributed by atoms with E-state index in [2.05, 4.69) is 0 Å². The van der Waals surface area contributed by atoms with Crippen molar-refractivity contribution >= 4 is 18.1 Å². The van der Waals surface area contributed by atoms with E-state index in [1.54, 1.807) is 0 Å². The maximum absolute atomic E-state index is 5.61. The Balaban J connectivity index is 0.000000292. The summed E-state index contributed by atoms with van der Waals surface area (Å²) >= 11 is 0. The molecule has 1 unspecified atom stereocenters. The molecule has 0 amide bonds. The van der Waals surface area contributed by atoms with Gasteiger partial charge >= 0.3 is 0 Å². The molecule has 92 valence electrons. The van der Waals surface area contributed by atoms with Gasteiger partial charge in [-0.3, -0.25) is 0 Å². The third-order valence-corrected chi connectivity index (χ3v) is 2.12. The molecule has 0 saturated heterocycles. The molecule has 0 fully saturated rings. The first kappa shape index (κ1) is 15.5. The Morgan fingerprint density at radius 1 is 0.824 bits per heavy atom. The topological polar surface area (TPSA) is 52.0 Å². The maximum atomic E-state index is 5.61. The number of nitrogens with two attached hydrogens (primary N) is 2. The lowest BCUT2D eigenvalue weighted by atomic mass is 10.1. The lowest BCUT2D eigenvalue weighted by Crippen LogP contribution is -2.03. The third-order valence-electron chi connectivity index (χ3n) is 2.12. The molecule has 0 spiro atoms. The van der Waals surface area contributed by atoms with Crippen LogP contribution < -0.4 is 11.5 Å². The van der Waals surface area contributed by atoms with Gasteiger partial charge in [0.05, 0.1) is 0 Å². The molecular weight excluding hydrogens is 232 g/mol. The number of benzene rings is 2. The Kier molecular flexibility index (Phi) is 7.85. The molecule has 1 atom stereocenters. The van der Waals surface area contributed by atoms with Gasteiger partial charge in [-0.1, -0.05) is 48.5 Å². The minimum absolute atomic E-state index is 0. The largest absolute Gasteiger partial charge is 0.399 e. The maximum Gasteiger partial charge on any atom is 0.0313 e. The molecule has 17 heavy (non-hydrogen) atoms. The molecule has 2 aromatic carbocycles. The first-order valence-corrected chi connectivity index (χ1v) is 5.31. The fourth-order valence-electron chi connectivity index (χ4n) is 1.21. The predicted molar refractivity (Wildman–Crippen MR) is 77.1 cm³/mol. The molecule has 2 rings (SSSR count). The molecule has 3 heteroatoms. The lowest BCUT2D eigenvalue weighted by molar-refractivity contribution is 0.818. The molecule has 0 saturated carbocycles. The van der Waals surface area contributed by atoms with Crippen molar-refractivity contribution in [3.8, 4) is 0 Å². The third kappa shape index (κ3) is 6.61. The lowest BCUT2D eigenvalue weighted by Gasteiger charge is -2.02. The highest BCUT2D eigenvalue weighted by atomic mass is 35.5. The van der Waals surface area contributed by atoms with Crippen LogP contribution in [-0.2, 0) is 0 Å². The van der Waals surface area contributed by atoms with E-state index in [9.17, 15) is 0 Å². The summed E-state index contributed by atoms with van der Waals surface area (Å²) < 4.78 is 0. The zero-order valence-corrected chi connectivity index (χ0v) is 10.7. The molecule has 0 bridgehead atoms. The second-order valence-corrected chi connectivity index (χ2v) is 3.61. The summed E-state index contributed by atoms with van der Waals surface area (Å²) in [6.07, 6.45) is 0. The Morgan fingerprint density at radius 2 is 1.24 bits per heavy atom. The molecule has 2 nitrogen and oxygen atoms in total. The first-order chi connectivity index (χ1) is 7.70. The van der Waals surface area contributed by atoms with Crippen molar-refractivity contribution in [2.45, 2.75) is 13.0 Å². The number of rotatable bonds is 1. The fourth-order valence-corrected chi connectivity index (χ4v) is 1.21. The van der Waals surface area contributed by atoms with E-state index in [4.69, 9.17) is 11.5 Å². The van der Waals surface area contributed by atoms with Crippen LogP contribution in [0.3, 0.4) is 0 Å². The highest BCUT2D eigenvalue weighted by Crippen LogP contribution is 2.06. The van der Waals surface area contributed by atoms with Gasteiger partial charge in [-0.25, -0.2) is 0 Å². The summed E-state index contributed by atoms with van der Waals surface area (Å²) in [5.74, 6) is 0. The van der Waals surface area contributed by atoms with E-state index in [0.717, 1.165) is 5.69 Å². The Hall–Kier alpha value is -1.51. The summed E-state index contributed by atoms with van der Waals surface area (Å²) in [5.41, 5.74) is 13.0. The highest BCUT2D eigenvalue weighted by Gasteiger charge is 1.93. The molecule has 0 aromatic heterocycles. The second-order valence-electron chi connectivity index (χ2n) is 3.61. The zero-order chi connectivity index (χ0) is 11.8. The molecule has 0 aliphatic rings. The summed E-state index contributed by atoms with van der Waals surface area (Å²) in [4.78, 5) is 0. The van der Waals surface area contributed by atoms with E-state index in [1.807, 2.05) is 67.6 Å². The van der Waals surface area contributed by atoms with Gasteiger partial charge in [0.15, 0.2) is 0 Å². The summed E-state index contributed by atoms with van der Waals surface area (Å²) in [5, 5.41) is 0. The van der Waals surface area contributed by atoms with E-state index < -0.39 is 0 Å². The van der Waals surface area contributed by atoms with Crippen LogP contribution in [0, 0.1) is 0 Å². The van der Waals surface area contributed by atoms with E-state index in [1.165, 1.54) is 5.56 Å². The van der Waals surface area contributed by atoms with Crippen LogP contribution in [-0.4, -0.2) is 0 Å². The van der Waals surface area contributed by atoms with Crippen molar-refractivity contribution in [1.29, 1.82) is 0 Å². The number of para-hydroxylation sites is 1. The second kappa shape index (κ2) is 8.62. The van der Waals surface area contributed by atoms with Crippen LogP contribution in [0.4, 0.5) is 5.69 Å². The van der Waals surface area contributed by atoms with Crippen LogP contribution in [0.2, 0.25) is 0 Å². The van der Waals surface area contributed by atoms with Gasteiger partial charge in [-0.15, -0.1) is 12.4 Å². The molecule has 0 heterocycles. The molecule has 0 aliphatic carbocycles. The van der Waals surface area contributed by atoms with Crippen LogP contribution in [0.5, 0.6) is 0 Å². The zero-order valence-electron chi connectivity index (χ0n) is 9.91. The van der Waals surface area contributed by atoms with Gasteiger partial charge in [0.25, 0.3) is 0 Å². The number of anilines is 1. The van der Waals surface area contributed by atoms with Gasteiger partial charge in [-0.2, -0.15) is 0 Å². The first-order valence-electron chi connectivity index (χ1n) is 5.31. The number of nitrogen functional groups attached to an aromatic ring is 1. The summed E-state index contributed by atoms with van der Waals surface area (Å²) in [6, 6.07) is 19.7. The Bertz CT molecular complexity index is 387. The van der Waals surface area contributed by atoms with Crippen molar-refractivity contribution in [3.05, 3.63) is 66.2 Å². The molecule has 2 aromatic rings. The molecule has 0 aliphatic heterocycles. The van der Waals surface area contributed by atoms with Crippen molar-refractivity contribution in [3.63, 3.8) is 0 Å². The average Bonchev–Trinajstić information content (AvgIpc) is 2.32. The van der Waals surface area contributed by atoms with Crippen LogP contribution in [0.25, 0.3) is 0 Å². The smallest absolute Gasteiger partial charge is 0.0313 e. The van der Waals surface area contributed by atoms with E-state index >= 15 is 0 Å². The van der Waals surface area contributed by atoms with Crippen LogP contribution >= 0.6 is 12.4 Å². The number of hydrogen-bond acceptors (Lipinski definition) is 2. The fraction of sp³-hybridized carbons (Fsp3) is 0.143. The minimum atomic E-state index is 0. The van der Waals surface area contributed by atoms with Crippen LogP contribution in [0.1, 0.15) is 18.5 Å². The Morgan fingerprint density at radius 3 is 1.47 bits per heavy atom. The normalized spacial score (nSPS) is 10.5. The van der Waals surface area contributed by atoms with E-state index in [0.29, 0.717) is 0 Å². The molecular formula is C14H19ClN2. The van der Waals surface area contributed by atoms with Crippen molar-refractivity contribution < 1.29 is 0 Å². The van der Waals surface area contributed by atoms with Gasteiger partial charge in [0, 0.05) is 11.7 Å². The average molecular weight is 251 g/mol. The van der Waals surface area contributed by atoms with E-state index in [-0.39, 0.29) is 18.4 Å². The standard InChI is InChI=1S/C8H11N.C6H7N.ClH/c1-7(9)8-5-3-2-4-6-8;7-6-4-2-1-3-5-6;/h2-7H,9H2,1H3;1-5H,7H2;1H. The van der Waals surface area contributed by atoms with Gasteiger partial charge in [0.1, 0.15) is 0 Å². The number of hydrogen-bond donors (Lipinski definition) is 2. The SMILES string of the molecule is CC(N)c1ccccc1.Cl.Nc1ccccc1. The van der Waals surface area contributed by atoms with Crippen molar-refractivity contribution in [2.24, 2.45) is 5.73 Å². The summed E-state index contributed by atoms with van der Waals surface area (Å²) in [7, 11) is 0. The predicted octanol–water partition coefficient (Wildman–Crippen LogP) is 3.40. The van der Waals surface area contributed by atoms with Gasteiger partial charge in [0.2, 0.25) is 0 Å². The quantitative estimate of drug-likeness (QED) is 0.763. The van der Waals surface area contributed by atoms with Gasteiger partial charge in [-0.05, 0) is 24.6 Å². The Labute approximate surface area is 109 Å².